The fourth-order valence-corrected chi connectivity index (χ4v) is 1.61. The lowest BCUT2D eigenvalue weighted by Gasteiger charge is -2.14. The number of hydrogen-bond acceptors (Lipinski definition) is 3. The highest BCUT2D eigenvalue weighted by atomic mass is 19.1. The van der Waals surface area contributed by atoms with Crippen LogP contribution in [0.5, 0.6) is 5.75 Å². The van der Waals surface area contributed by atoms with Crippen LogP contribution < -0.4 is 15.4 Å². The third kappa shape index (κ3) is 4.52. The number of rotatable bonds is 7. The Bertz CT molecular complexity index is 424. The molecule has 0 radical (unpaired) electrons. The van der Waals surface area contributed by atoms with E-state index in [1.807, 2.05) is 6.92 Å². The Hall–Kier alpha value is -1.62. The molecule has 4 nitrogen and oxygen atoms in total. The van der Waals surface area contributed by atoms with E-state index in [4.69, 9.17) is 4.74 Å². The minimum Gasteiger partial charge on any atom is -0.494 e. The SMILES string of the molecule is CCCNC(=O)C(C)NCc1cccc(OC)c1F. The van der Waals surface area contributed by atoms with E-state index >= 15 is 0 Å². The van der Waals surface area contributed by atoms with Crippen molar-refractivity contribution in [2.75, 3.05) is 13.7 Å². The second-order valence-electron chi connectivity index (χ2n) is 4.33. The molecular weight excluding hydrogens is 247 g/mol. The molecule has 1 amide bonds. The van der Waals surface area contributed by atoms with E-state index in [1.54, 1.807) is 25.1 Å². The summed E-state index contributed by atoms with van der Waals surface area (Å²) in [6.07, 6.45) is 0.892. The van der Waals surface area contributed by atoms with Crippen molar-refractivity contribution in [3.8, 4) is 5.75 Å². The van der Waals surface area contributed by atoms with Crippen LogP contribution in [0.15, 0.2) is 18.2 Å². The van der Waals surface area contributed by atoms with Gasteiger partial charge in [0.2, 0.25) is 5.91 Å². The minimum atomic E-state index is -0.390. The summed E-state index contributed by atoms with van der Waals surface area (Å²) in [4.78, 5) is 11.6. The number of amides is 1. The standard InChI is InChI=1S/C14H21FN2O2/c1-4-8-16-14(18)10(2)17-9-11-6-5-7-12(19-3)13(11)15/h5-7,10,17H,4,8-9H2,1-3H3,(H,16,18). The highest BCUT2D eigenvalue weighted by Gasteiger charge is 2.13. The molecule has 0 spiro atoms. The van der Waals surface area contributed by atoms with E-state index in [2.05, 4.69) is 10.6 Å². The summed E-state index contributed by atoms with van der Waals surface area (Å²) in [6.45, 7) is 4.68. The Morgan fingerprint density at radius 1 is 1.47 bits per heavy atom. The van der Waals surface area contributed by atoms with Crippen LogP contribution in [0, 0.1) is 5.82 Å². The Balaban J connectivity index is 2.54. The molecule has 0 aliphatic heterocycles. The number of ether oxygens (including phenoxy) is 1. The zero-order chi connectivity index (χ0) is 14.3. The van der Waals surface area contributed by atoms with Crippen LogP contribution in [0.1, 0.15) is 25.8 Å². The van der Waals surface area contributed by atoms with Gasteiger partial charge in [-0.2, -0.15) is 0 Å². The van der Waals surface area contributed by atoms with Crippen LogP contribution in [0.25, 0.3) is 0 Å². The van der Waals surface area contributed by atoms with E-state index in [0.29, 0.717) is 12.1 Å². The predicted molar refractivity (Wildman–Crippen MR) is 72.6 cm³/mol. The summed E-state index contributed by atoms with van der Waals surface area (Å²) >= 11 is 0. The van der Waals surface area contributed by atoms with Crippen LogP contribution in [0.4, 0.5) is 4.39 Å². The van der Waals surface area contributed by atoms with Crippen LogP contribution in [0.2, 0.25) is 0 Å². The van der Waals surface area contributed by atoms with Gasteiger partial charge in [-0.3, -0.25) is 4.79 Å². The summed E-state index contributed by atoms with van der Waals surface area (Å²) in [6, 6.07) is 4.59. The first-order valence-corrected chi connectivity index (χ1v) is 6.42. The molecule has 1 rings (SSSR count). The van der Waals surface area contributed by atoms with Crippen molar-refractivity contribution in [3.05, 3.63) is 29.6 Å². The molecular formula is C14H21FN2O2. The number of benzene rings is 1. The molecule has 2 N–H and O–H groups in total. The Morgan fingerprint density at radius 2 is 2.21 bits per heavy atom. The zero-order valence-electron chi connectivity index (χ0n) is 11.6. The molecule has 19 heavy (non-hydrogen) atoms. The predicted octanol–water partition coefficient (Wildman–Crippen LogP) is 1.84. The van der Waals surface area contributed by atoms with Gasteiger partial charge in [-0.25, -0.2) is 4.39 Å². The van der Waals surface area contributed by atoms with Crippen LogP contribution in [-0.4, -0.2) is 25.6 Å². The maximum Gasteiger partial charge on any atom is 0.236 e. The van der Waals surface area contributed by atoms with E-state index in [-0.39, 0.29) is 24.2 Å². The number of halogens is 1. The van der Waals surface area contributed by atoms with Crippen LogP contribution in [0.3, 0.4) is 0 Å². The van der Waals surface area contributed by atoms with E-state index in [0.717, 1.165) is 6.42 Å². The van der Waals surface area contributed by atoms with Crippen molar-refractivity contribution in [3.63, 3.8) is 0 Å². The number of carbonyl (C=O) groups is 1. The third-order valence-electron chi connectivity index (χ3n) is 2.80. The minimum absolute atomic E-state index is 0.0786. The molecule has 106 valence electrons. The van der Waals surface area contributed by atoms with Gasteiger partial charge in [0.15, 0.2) is 11.6 Å². The van der Waals surface area contributed by atoms with Crippen molar-refractivity contribution >= 4 is 5.91 Å². The zero-order valence-corrected chi connectivity index (χ0v) is 11.6. The van der Waals surface area contributed by atoms with Gasteiger partial charge in [0, 0.05) is 18.7 Å². The van der Waals surface area contributed by atoms with Gasteiger partial charge < -0.3 is 15.4 Å². The molecule has 0 fully saturated rings. The molecule has 1 atom stereocenters. The molecule has 0 saturated carbocycles. The summed E-state index contributed by atoms with van der Waals surface area (Å²) in [5, 5.41) is 5.78. The lowest BCUT2D eigenvalue weighted by Crippen LogP contribution is -2.42. The fourth-order valence-electron chi connectivity index (χ4n) is 1.61. The number of carbonyl (C=O) groups excluding carboxylic acids is 1. The van der Waals surface area contributed by atoms with Crippen molar-refractivity contribution in [2.24, 2.45) is 0 Å². The molecule has 0 aromatic heterocycles. The van der Waals surface area contributed by atoms with Crippen LogP contribution in [-0.2, 0) is 11.3 Å². The summed E-state index contributed by atoms with van der Waals surface area (Å²) < 4.78 is 18.8. The first kappa shape index (κ1) is 15.4. The summed E-state index contributed by atoms with van der Waals surface area (Å²) in [7, 11) is 1.43. The van der Waals surface area contributed by atoms with Gasteiger partial charge in [0.05, 0.1) is 13.2 Å². The molecule has 0 bridgehead atoms. The van der Waals surface area contributed by atoms with Gasteiger partial charge in [-0.15, -0.1) is 0 Å². The van der Waals surface area contributed by atoms with Gasteiger partial charge in [0.25, 0.3) is 0 Å². The summed E-state index contributed by atoms with van der Waals surface area (Å²) in [5.74, 6) is -0.258. The van der Waals surface area contributed by atoms with Crippen molar-refractivity contribution in [2.45, 2.75) is 32.9 Å². The maximum atomic E-state index is 13.9. The number of nitrogens with one attached hydrogen (secondary N) is 2. The fraction of sp³-hybridized carbons (Fsp3) is 0.500. The van der Waals surface area contributed by atoms with Crippen molar-refractivity contribution in [1.82, 2.24) is 10.6 Å². The normalized spacial score (nSPS) is 12.0. The van der Waals surface area contributed by atoms with E-state index < -0.39 is 5.82 Å². The molecule has 5 heteroatoms. The molecule has 0 aliphatic rings. The number of methoxy groups -OCH3 is 1. The molecule has 1 unspecified atom stereocenters. The van der Waals surface area contributed by atoms with E-state index in [1.165, 1.54) is 7.11 Å². The Kier molecular flexibility index (Phi) is 6.29. The smallest absolute Gasteiger partial charge is 0.236 e. The Labute approximate surface area is 113 Å². The second-order valence-corrected chi connectivity index (χ2v) is 4.33. The van der Waals surface area contributed by atoms with Gasteiger partial charge in [-0.1, -0.05) is 19.1 Å². The Morgan fingerprint density at radius 3 is 2.84 bits per heavy atom. The highest BCUT2D eigenvalue weighted by Crippen LogP contribution is 2.19. The first-order chi connectivity index (χ1) is 9.10. The summed E-state index contributed by atoms with van der Waals surface area (Å²) in [5.41, 5.74) is 0.481. The monoisotopic (exact) mass is 268 g/mol. The largest absolute Gasteiger partial charge is 0.494 e. The van der Waals surface area contributed by atoms with Crippen molar-refractivity contribution in [1.29, 1.82) is 0 Å². The molecule has 0 aliphatic carbocycles. The molecule has 0 heterocycles. The highest BCUT2D eigenvalue weighted by molar-refractivity contribution is 5.81. The van der Waals surface area contributed by atoms with Crippen LogP contribution >= 0.6 is 0 Å². The average molecular weight is 268 g/mol. The molecule has 1 aromatic rings. The van der Waals surface area contributed by atoms with Gasteiger partial charge in [0.1, 0.15) is 0 Å². The lowest BCUT2D eigenvalue weighted by atomic mass is 10.2. The molecule has 1 aromatic carbocycles. The average Bonchev–Trinajstić information content (AvgIpc) is 2.43. The number of hydrogen-bond donors (Lipinski definition) is 2. The van der Waals surface area contributed by atoms with Gasteiger partial charge >= 0.3 is 0 Å². The lowest BCUT2D eigenvalue weighted by molar-refractivity contribution is -0.122. The van der Waals surface area contributed by atoms with Crippen molar-refractivity contribution < 1.29 is 13.9 Å². The molecule has 0 saturated heterocycles. The van der Waals surface area contributed by atoms with Gasteiger partial charge in [-0.05, 0) is 19.4 Å². The quantitative estimate of drug-likeness (QED) is 0.793. The maximum absolute atomic E-state index is 13.9. The topological polar surface area (TPSA) is 50.4 Å². The van der Waals surface area contributed by atoms with E-state index in [9.17, 15) is 9.18 Å². The second kappa shape index (κ2) is 7.74. The first-order valence-electron chi connectivity index (χ1n) is 6.42. The third-order valence-corrected chi connectivity index (χ3v) is 2.80.